The highest BCUT2D eigenvalue weighted by Crippen LogP contribution is 2.58. The molecule has 160 valence electrons. The van der Waals surface area contributed by atoms with Gasteiger partial charge < -0.3 is 24.7 Å². The first-order valence-electron chi connectivity index (χ1n) is 9.14. The van der Waals surface area contributed by atoms with Gasteiger partial charge in [-0.3, -0.25) is 18.9 Å². The van der Waals surface area contributed by atoms with Crippen molar-refractivity contribution in [2.24, 2.45) is 5.92 Å². The second-order valence-electron chi connectivity index (χ2n) is 8.18. The standard InChI is InChI=1S/C17H29N2O8P/c1-5-17(4,27-28(25,26)16(2,3)24)9-10-8-11(14(22)13(10)21)19-7-6-12(20)18-15(19)23/h6-7,10-11,13-14,21-22,24H,5,8-9H2,1-4H3,(H,25,26)(H,18,20,23). The Bertz CT molecular complexity index is 860. The summed E-state index contributed by atoms with van der Waals surface area (Å²) in [5.41, 5.74) is -2.41. The van der Waals surface area contributed by atoms with Crippen LogP contribution in [0.15, 0.2) is 21.9 Å². The second kappa shape index (κ2) is 7.85. The minimum atomic E-state index is -4.38. The topological polar surface area (TPSA) is 162 Å². The Morgan fingerprint density at radius 3 is 2.39 bits per heavy atom. The monoisotopic (exact) mass is 420 g/mol. The zero-order valence-corrected chi connectivity index (χ0v) is 17.3. The number of hydrogen-bond acceptors (Lipinski definition) is 7. The maximum atomic E-state index is 12.4. The van der Waals surface area contributed by atoms with E-state index in [1.54, 1.807) is 13.8 Å². The van der Waals surface area contributed by atoms with Crippen molar-refractivity contribution >= 4 is 7.60 Å². The lowest BCUT2D eigenvalue weighted by atomic mass is 9.87. The molecule has 2 rings (SSSR count). The molecule has 11 heteroatoms. The maximum Gasteiger partial charge on any atom is 0.359 e. The molecule has 0 amide bonds. The molecule has 1 aromatic heterocycles. The van der Waals surface area contributed by atoms with Gasteiger partial charge in [0, 0.05) is 12.3 Å². The fraction of sp³-hybridized carbons (Fsp3) is 0.765. The summed E-state index contributed by atoms with van der Waals surface area (Å²) in [5, 5.41) is 28.9. The van der Waals surface area contributed by atoms with Gasteiger partial charge in [0.05, 0.1) is 17.7 Å². The van der Waals surface area contributed by atoms with E-state index in [0.29, 0.717) is 6.42 Å². The summed E-state index contributed by atoms with van der Waals surface area (Å²) >= 11 is 0. The fourth-order valence-corrected chi connectivity index (χ4v) is 4.50. The molecule has 1 heterocycles. The summed E-state index contributed by atoms with van der Waals surface area (Å²) < 4.78 is 19.0. The molecule has 5 N–H and O–H groups in total. The van der Waals surface area contributed by atoms with E-state index in [1.807, 2.05) is 0 Å². The molecule has 0 aliphatic heterocycles. The van der Waals surface area contributed by atoms with Crippen LogP contribution in [0.1, 0.15) is 53.0 Å². The van der Waals surface area contributed by atoms with E-state index in [1.165, 1.54) is 20.0 Å². The fourth-order valence-electron chi connectivity index (χ4n) is 3.48. The molecular formula is C17H29N2O8P. The van der Waals surface area contributed by atoms with E-state index >= 15 is 0 Å². The normalized spacial score (nSPS) is 30.0. The zero-order chi connectivity index (χ0) is 21.5. The Morgan fingerprint density at radius 2 is 1.89 bits per heavy atom. The van der Waals surface area contributed by atoms with E-state index in [4.69, 9.17) is 4.52 Å². The van der Waals surface area contributed by atoms with Gasteiger partial charge in [0.25, 0.3) is 5.56 Å². The van der Waals surface area contributed by atoms with Crippen LogP contribution < -0.4 is 11.2 Å². The van der Waals surface area contributed by atoms with E-state index in [0.717, 1.165) is 10.6 Å². The van der Waals surface area contributed by atoms with Crippen molar-refractivity contribution in [3.05, 3.63) is 33.1 Å². The predicted octanol–water partition coefficient (Wildman–Crippen LogP) is 0.309. The smallest absolute Gasteiger partial charge is 0.359 e. The summed E-state index contributed by atoms with van der Waals surface area (Å²) in [6, 6.07) is 0.388. The first-order valence-corrected chi connectivity index (χ1v) is 10.7. The van der Waals surface area contributed by atoms with Crippen LogP contribution in [0.25, 0.3) is 0 Å². The van der Waals surface area contributed by atoms with Crippen LogP contribution >= 0.6 is 7.60 Å². The van der Waals surface area contributed by atoms with Crippen molar-refractivity contribution in [2.45, 2.75) is 76.2 Å². The van der Waals surface area contributed by atoms with Gasteiger partial charge in [0.2, 0.25) is 0 Å². The number of aliphatic hydroxyl groups excluding tert-OH is 2. The third-order valence-corrected chi connectivity index (χ3v) is 7.53. The van der Waals surface area contributed by atoms with Crippen molar-refractivity contribution in [3.63, 3.8) is 0 Å². The number of aromatic nitrogens is 2. The molecule has 1 fully saturated rings. The van der Waals surface area contributed by atoms with E-state index in [2.05, 4.69) is 4.98 Å². The highest BCUT2D eigenvalue weighted by atomic mass is 31.2. The zero-order valence-electron chi connectivity index (χ0n) is 16.4. The van der Waals surface area contributed by atoms with Gasteiger partial charge in [-0.15, -0.1) is 0 Å². The van der Waals surface area contributed by atoms with Crippen molar-refractivity contribution in [1.82, 2.24) is 9.55 Å². The summed E-state index contributed by atoms with van der Waals surface area (Å²) in [4.78, 5) is 35.5. The minimum Gasteiger partial charge on any atom is -0.390 e. The molecule has 0 radical (unpaired) electrons. The molecule has 1 aliphatic rings. The van der Waals surface area contributed by atoms with Crippen molar-refractivity contribution in [2.75, 3.05) is 0 Å². The molecule has 0 saturated heterocycles. The second-order valence-corrected chi connectivity index (χ2v) is 10.5. The molecule has 1 aliphatic carbocycles. The van der Waals surface area contributed by atoms with Crippen LogP contribution in [0.4, 0.5) is 0 Å². The van der Waals surface area contributed by atoms with Crippen molar-refractivity contribution < 1.29 is 29.3 Å². The number of aromatic amines is 1. The maximum absolute atomic E-state index is 12.4. The molecular weight excluding hydrogens is 391 g/mol. The number of rotatable bonds is 7. The third kappa shape index (κ3) is 4.64. The SMILES string of the molecule is CCC(C)(CC1CC(n2ccc(=O)[nH]c2=O)C(O)C1O)OP(=O)(O)C(C)(C)O. The van der Waals surface area contributed by atoms with Gasteiger partial charge in [0.15, 0.2) is 5.34 Å². The molecule has 6 unspecified atom stereocenters. The third-order valence-electron chi connectivity index (χ3n) is 5.46. The number of hydrogen-bond donors (Lipinski definition) is 5. The summed E-state index contributed by atoms with van der Waals surface area (Å²) in [6.07, 6.45) is -0.558. The number of aliphatic hydroxyl groups is 3. The molecule has 10 nitrogen and oxygen atoms in total. The van der Waals surface area contributed by atoms with Crippen LogP contribution in [0.3, 0.4) is 0 Å². The number of nitrogens with one attached hydrogen (secondary N) is 1. The first-order chi connectivity index (χ1) is 12.7. The molecule has 28 heavy (non-hydrogen) atoms. The average molecular weight is 420 g/mol. The minimum absolute atomic E-state index is 0.122. The summed E-state index contributed by atoms with van der Waals surface area (Å²) in [7, 11) is -4.38. The van der Waals surface area contributed by atoms with Gasteiger partial charge in [-0.2, -0.15) is 0 Å². The van der Waals surface area contributed by atoms with Crippen LogP contribution in [0.5, 0.6) is 0 Å². The lowest BCUT2D eigenvalue weighted by Gasteiger charge is -2.37. The van der Waals surface area contributed by atoms with E-state index in [-0.39, 0.29) is 12.8 Å². The molecule has 1 aromatic rings. The lowest BCUT2D eigenvalue weighted by molar-refractivity contribution is -0.0253. The van der Waals surface area contributed by atoms with Crippen LogP contribution in [0, 0.1) is 5.92 Å². The van der Waals surface area contributed by atoms with Gasteiger partial charge in [-0.25, -0.2) is 4.79 Å². The highest BCUT2D eigenvalue weighted by molar-refractivity contribution is 7.54. The predicted molar refractivity (Wildman–Crippen MR) is 101 cm³/mol. The summed E-state index contributed by atoms with van der Waals surface area (Å²) in [5.74, 6) is -0.536. The Balaban J connectivity index is 2.24. The van der Waals surface area contributed by atoms with Crippen LogP contribution in [-0.4, -0.2) is 52.9 Å². The average Bonchev–Trinajstić information content (AvgIpc) is 2.81. The quantitative estimate of drug-likeness (QED) is 0.394. The van der Waals surface area contributed by atoms with Crippen molar-refractivity contribution in [1.29, 1.82) is 0 Å². The van der Waals surface area contributed by atoms with Crippen molar-refractivity contribution in [3.8, 4) is 0 Å². The van der Waals surface area contributed by atoms with Gasteiger partial charge in [0.1, 0.15) is 6.10 Å². The number of H-pyrrole nitrogens is 1. The Labute approximate surface area is 162 Å². The summed E-state index contributed by atoms with van der Waals surface area (Å²) in [6.45, 7) is 5.69. The highest BCUT2D eigenvalue weighted by Gasteiger charge is 2.49. The van der Waals surface area contributed by atoms with E-state index in [9.17, 15) is 34.4 Å². The largest absolute Gasteiger partial charge is 0.390 e. The van der Waals surface area contributed by atoms with E-state index < -0.39 is 54.0 Å². The molecule has 0 bridgehead atoms. The van der Waals surface area contributed by atoms with Gasteiger partial charge >= 0.3 is 13.3 Å². The first kappa shape index (κ1) is 23.0. The molecule has 1 saturated carbocycles. The Hall–Kier alpha value is -1.29. The van der Waals surface area contributed by atoms with Crippen LogP contribution in [-0.2, 0) is 9.09 Å². The Kier molecular flexibility index (Phi) is 6.45. The van der Waals surface area contributed by atoms with Gasteiger partial charge in [-0.05, 0) is 46.0 Å². The Morgan fingerprint density at radius 1 is 1.29 bits per heavy atom. The molecule has 0 aromatic carbocycles. The lowest BCUT2D eigenvalue weighted by Crippen LogP contribution is -2.38. The molecule has 0 spiro atoms. The molecule has 6 atom stereocenters. The number of nitrogens with zero attached hydrogens (tertiary/aromatic N) is 1. The van der Waals surface area contributed by atoms with Gasteiger partial charge in [-0.1, -0.05) is 6.92 Å². The van der Waals surface area contributed by atoms with Crippen LogP contribution in [0.2, 0.25) is 0 Å².